The fourth-order valence-corrected chi connectivity index (χ4v) is 2.09. The molecule has 0 atom stereocenters. The predicted molar refractivity (Wildman–Crippen MR) is 85.3 cm³/mol. The molecule has 1 aromatic heterocycles. The van der Waals surface area contributed by atoms with Crippen LogP contribution in [0.1, 0.15) is 13.8 Å². The third kappa shape index (κ3) is 3.94. The lowest BCUT2D eigenvalue weighted by Gasteiger charge is -2.18. The van der Waals surface area contributed by atoms with E-state index in [1.807, 2.05) is 38.1 Å². The molecular formula is C16H20N4O2. The summed E-state index contributed by atoms with van der Waals surface area (Å²) >= 11 is 0. The summed E-state index contributed by atoms with van der Waals surface area (Å²) in [6.07, 6.45) is 1.61. The number of nitrogens with two attached hydrogens (primary N) is 1. The van der Waals surface area contributed by atoms with Crippen LogP contribution in [-0.2, 0) is 4.79 Å². The number of rotatable bonds is 6. The van der Waals surface area contributed by atoms with Gasteiger partial charge in [-0.05, 0) is 32.0 Å². The predicted octanol–water partition coefficient (Wildman–Crippen LogP) is 1.97. The van der Waals surface area contributed by atoms with Crippen LogP contribution in [0.25, 0.3) is 11.3 Å². The number of anilines is 1. The van der Waals surface area contributed by atoms with Crippen molar-refractivity contribution in [2.75, 3.05) is 25.4 Å². The summed E-state index contributed by atoms with van der Waals surface area (Å²) in [6.45, 7) is 5.28. The van der Waals surface area contributed by atoms with Crippen LogP contribution in [0.2, 0.25) is 0 Å². The van der Waals surface area contributed by atoms with Gasteiger partial charge in [0.2, 0.25) is 5.95 Å². The van der Waals surface area contributed by atoms with E-state index in [4.69, 9.17) is 10.5 Å². The van der Waals surface area contributed by atoms with E-state index in [0.29, 0.717) is 24.5 Å². The Morgan fingerprint density at radius 3 is 2.73 bits per heavy atom. The van der Waals surface area contributed by atoms with Gasteiger partial charge in [0.15, 0.2) is 6.61 Å². The smallest absolute Gasteiger partial charge is 0.260 e. The first kappa shape index (κ1) is 15.8. The monoisotopic (exact) mass is 300 g/mol. The van der Waals surface area contributed by atoms with Crippen molar-refractivity contribution in [2.24, 2.45) is 0 Å². The second-order valence-corrected chi connectivity index (χ2v) is 4.68. The lowest BCUT2D eigenvalue weighted by molar-refractivity contribution is -0.132. The van der Waals surface area contributed by atoms with Crippen LogP contribution >= 0.6 is 0 Å². The summed E-state index contributed by atoms with van der Waals surface area (Å²) in [7, 11) is 0. The summed E-state index contributed by atoms with van der Waals surface area (Å²) in [5, 5.41) is 0. The normalized spacial score (nSPS) is 10.3. The summed E-state index contributed by atoms with van der Waals surface area (Å²) in [4.78, 5) is 21.7. The summed E-state index contributed by atoms with van der Waals surface area (Å²) < 4.78 is 5.58. The SMILES string of the molecule is CCN(CC)C(=O)COc1cccc(-c2ccnc(N)n2)c1. The van der Waals surface area contributed by atoms with Crippen molar-refractivity contribution >= 4 is 11.9 Å². The third-order valence-corrected chi connectivity index (χ3v) is 3.28. The van der Waals surface area contributed by atoms with E-state index < -0.39 is 0 Å². The number of nitrogen functional groups attached to an aromatic ring is 1. The highest BCUT2D eigenvalue weighted by Gasteiger charge is 2.10. The molecule has 0 fully saturated rings. The Hall–Kier alpha value is -2.63. The molecule has 1 amide bonds. The van der Waals surface area contributed by atoms with Crippen LogP contribution in [0, 0.1) is 0 Å². The Kier molecular flexibility index (Phi) is 5.30. The van der Waals surface area contributed by atoms with Gasteiger partial charge >= 0.3 is 0 Å². The molecule has 0 radical (unpaired) electrons. The van der Waals surface area contributed by atoms with Crippen molar-refractivity contribution in [2.45, 2.75) is 13.8 Å². The van der Waals surface area contributed by atoms with Crippen molar-refractivity contribution < 1.29 is 9.53 Å². The van der Waals surface area contributed by atoms with Gasteiger partial charge in [-0.15, -0.1) is 0 Å². The zero-order valence-corrected chi connectivity index (χ0v) is 12.8. The Labute approximate surface area is 129 Å². The number of nitrogens with zero attached hydrogens (tertiary/aromatic N) is 3. The Balaban J connectivity index is 2.07. The van der Waals surface area contributed by atoms with Gasteiger partial charge < -0.3 is 15.4 Å². The molecule has 0 spiro atoms. The first-order valence-corrected chi connectivity index (χ1v) is 7.23. The molecule has 22 heavy (non-hydrogen) atoms. The second kappa shape index (κ2) is 7.40. The molecule has 0 aliphatic rings. The van der Waals surface area contributed by atoms with E-state index in [1.54, 1.807) is 17.2 Å². The first-order chi connectivity index (χ1) is 10.6. The van der Waals surface area contributed by atoms with Crippen molar-refractivity contribution in [1.29, 1.82) is 0 Å². The Bertz CT molecular complexity index is 642. The van der Waals surface area contributed by atoms with Gasteiger partial charge in [-0.1, -0.05) is 12.1 Å². The maximum absolute atomic E-state index is 11.9. The molecule has 0 aliphatic heterocycles. The molecule has 0 bridgehead atoms. The number of benzene rings is 1. The molecule has 6 nitrogen and oxygen atoms in total. The van der Waals surface area contributed by atoms with Crippen LogP contribution in [0.3, 0.4) is 0 Å². The number of likely N-dealkylation sites (N-methyl/N-ethyl adjacent to an activating group) is 1. The maximum Gasteiger partial charge on any atom is 0.260 e. The quantitative estimate of drug-likeness (QED) is 0.882. The van der Waals surface area contributed by atoms with Gasteiger partial charge in [0, 0.05) is 24.8 Å². The lowest BCUT2D eigenvalue weighted by atomic mass is 10.1. The number of ether oxygens (including phenoxy) is 1. The van der Waals surface area contributed by atoms with Crippen LogP contribution in [0.4, 0.5) is 5.95 Å². The van der Waals surface area contributed by atoms with Gasteiger partial charge in [0.05, 0.1) is 5.69 Å². The number of hydrogen-bond acceptors (Lipinski definition) is 5. The van der Waals surface area contributed by atoms with Gasteiger partial charge in [-0.25, -0.2) is 9.97 Å². The largest absolute Gasteiger partial charge is 0.484 e. The topological polar surface area (TPSA) is 81.3 Å². The second-order valence-electron chi connectivity index (χ2n) is 4.68. The van der Waals surface area contributed by atoms with Gasteiger partial charge in [-0.3, -0.25) is 4.79 Å². The van der Waals surface area contributed by atoms with E-state index in [-0.39, 0.29) is 18.5 Å². The third-order valence-electron chi connectivity index (χ3n) is 3.28. The highest BCUT2D eigenvalue weighted by molar-refractivity contribution is 5.77. The molecule has 1 aromatic carbocycles. The van der Waals surface area contributed by atoms with E-state index in [9.17, 15) is 4.79 Å². The van der Waals surface area contributed by atoms with E-state index in [1.165, 1.54) is 0 Å². The van der Waals surface area contributed by atoms with Crippen molar-refractivity contribution in [3.05, 3.63) is 36.5 Å². The molecule has 0 saturated heterocycles. The zero-order valence-electron chi connectivity index (χ0n) is 12.8. The van der Waals surface area contributed by atoms with E-state index in [0.717, 1.165) is 5.56 Å². The number of carbonyl (C=O) groups is 1. The molecule has 2 aromatic rings. The molecule has 0 unspecified atom stereocenters. The average Bonchev–Trinajstić information content (AvgIpc) is 2.54. The number of amides is 1. The van der Waals surface area contributed by atoms with Gasteiger partial charge in [0.1, 0.15) is 5.75 Å². The summed E-state index contributed by atoms with van der Waals surface area (Å²) in [6, 6.07) is 9.17. The Morgan fingerprint density at radius 2 is 2.05 bits per heavy atom. The fourth-order valence-electron chi connectivity index (χ4n) is 2.09. The Morgan fingerprint density at radius 1 is 1.27 bits per heavy atom. The lowest BCUT2D eigenvalue weighted by Crippen LogP contribution is -2.34. The minimum atomic E-state index is -0.0262. The average molecular weight is 300 g/mol. The zero-order chi connectivity index (χ0) is 15.9. The van der Waals surface area contributed by atoms with Gasteiger partial charge in [-0.2, -0.15) is 0 Å². The molecule has 116 valence electrons. The summed E-state index contributed by atoms with van der Waals surface area (Å²) in [5.74, 6) is 0.817. The van der Waals surface area contributed by atoms with E-state index in [2.05, 4.69) is 9.97 Å². The standard InChI is InChI=1S/C16H20N4O2/c1-3-20(4-2)15(21)11-22-13-7-5-6-12(10-13)14-8-9-18-16(17)19-14/h5-10H,3-4,11H2,1-2H3,(H2,17,18,19). The van der Waals surface area contributed by atoms with Crippen LogP contribution in [0.15, 0.2) is 36.5 Å². The van der Waals surface area contributed by atoms with Crippen LogP contribution in [-0.4, -0.2) is 40.5 Å². The van der Waals surface area contributed by atoms with Crippen LogP contribution < -0.4 is 10.5 Å². The number of hydrogen-bond donors (Lipinski definition) is 1. The minimum Gasteiger partial charge on any atom is -0.484 e. The molecule has 2 rings (SSSR count). The van der Waals surface area contributed by atoms with Crippen molar-refractivity contribution in [3.63, 3.8) is 0 Å². The van der Waals surface area contributed by atoms with Crippen molar-refractivity contribution in [3.8, 4) is 17.0 Å². The fraction of sp³-hybridized carbons (Fsp3) is 0.312. The minimum absolute atomic E-state index is 0.0248. The number of carbonyl (C=O) groups excluding carboxylic acids is 1. The number of aromatic nitrogens is 2. The molecule has 1 heterocycles. The van der Waals surface area contributed by atoms with Gasteiger partial charge in [0.25, 0.3) is 5.91 Å². The maximum atomic E-state index is 11.9. The molecular weight excluding hydrogens is 280 g/mol. The highest BCUT2D eigenvalue weighted by Crippen LogP contribution is 2.22. The highest BCUT2D eigenvalue weighted by atomic mass is 16.5. The van der Waals surface area contributed by atoms with Crippen LogP contribution in [0.5, 0.6) is 5.75 Å². The molecule has 0 saturated carbocycles. The van der Waals surface area contributed by atoms with Crippen molar-refractivity contribution in [1.82, 2.24) is 14.9 Å². The summed E-state index contributed by atoms with van der Waals surface area (Å²) in [5.41, 5.74) is 7.17. The van der Waals surface area contributed by atoms with E-state index >= 15 is 0 Å². The molecule has 0 aliphatic carbocycles. The molecule has 2 N–H and O–H groups in total. The first-order valence-electron chi connectivity index (χ1n) is 7.23. The molecule has 6 heteroatoms.